The minimum Gasteiger partial charge on any atom is -0.385 e. The third kappa shape index (κ3) is 4.40. The van der Waals surface area contributed by atoms with Gasteiger partial charge in [-0.1, -0.05) is 35.7 Å². The van der Waals surface area contributed by atoms with E-state index in [1.165, 1.54) is 18.9 Å². The second-order valence-corrected chi connectivity index (χ2v) is 6.66. The molecule has 1 saturated carbocycles. The van der Waals surface area contributed by atoms with Gasteiger partial charge in [0, 0.05) is 16.7 Å². The molecule has 1 aliphatic carbocycles. The number of rotatable bonds is 3. The first-order valence-corrected chi connectivity index (χ1v) is 7.75. The minimum atomic E-state index is -4.31. The van der Waals surface area contributed by atoms with Crippen LogP contribution in [0.5, 0.6) is 0 Å². The standard InChI is InChI=1S/C15H19BrF3N/c1-10-3-2-4-11(5-10)9-20-14-7-12(15(17,18)19)6-13(16)8-14/h6-8,10-11,20H,2-5,9H2,1H3. The molecular formula is C15H19BrF3N. The van der Waals surface area contributed by atoms with Crippen molar-refractivity contribution in [1.82, 2.24) is 0 Å². The summed E-state index contributed by atoms with van der Waals surface area (Å²) < 4.78 is 38.7. The zero-order valence-electron chi connectivity index (χ0n) is 11.4. The Bertz CT molecular complexity index is 459. The van der Waals surface area contributed by atoms with Crippen LogP contribution in [-0.2, 0) is 6.18 Å². The van der Waals surface area contributed by atoms with E-state index in [1.54, 1.807) is 6.07 Å². The maximum absolute atomic E-state index is 12.7. The molecule has 112 valence electrons. The lowest BCUT2D eigenvalue weighted by Gasteiger charge is -2.27. The summed E-state index contributed by atoms with van der Waals surface area (Å²) in [7, 11) is 0. The number of benzene rings is 1. The quantitative estimate of drug-likeness (QED) is 0.737. The molecule has 1 fully saturated rings. The molecule has 2 unspecified atom stereocenters. The van der Waals surface area contributed by atoms with Gasteiger partial charge in [-0.15, -0.1) is 0 Å². The lowest BCUT2D eigenvalue weighted by atomic mass is 9.82. The zero-order valence-corrected chi connectivity index (χ0v) is 13.0. The van der Waals surface area contributed by atoms with E-state index in [0.717, 1.165) is 31.4 Å². The number of anilines is 1. The lowest BCUT2D eigenvalue weighted by Crippen LogP contribution is -2.21. The predicted octanol–water partition coefficient (Wildman–Crippen LogP) is 5.71. The fourth-order valence-corrected chi connectivity index (χ4v) is 3.36. The highest BCUT2D eigenvalue weighted by Gasteiger charge is 2.31. The smallest absolute Gasteiger partial charge is 0.385 e. The van der Waals surface area contributed by atoms with Gasteiger partial charge in [0.15, 0.2) is 0 Å². The van der Waals surface area contributed by atoms with Gasteiger partial charge in [0.25, 0.3) is 0 Å². The van der Waals surface area contributed by atoms with Crippen LogP contribution < -0.4 is 5.32 Å². The Labute approximate surface area is 126 Å². The molecule has 5 heteroatoms. The second kappa shape index (κ2) is 6.37. The third-order valence-corrected chi connectivity index (χ3v) is 4.32. The molecule has 0 bridgehead atoms. The van der Waals surface area contributed by atoms with Crippen molar-refractivity contribution in [1.29, 1.82) is 0 Å². The Morgan fingerprint density at radius 2 is 2.00 bits per heavy atom. The van der Waals surface area contributed by atoms with Crippen LogP contribution in [0, 0.1) is 11.8 Å². The summed E-state index contributed by atoms with van der Waals surface area (Å²) in [4.78, 5) is 0. The summed E-state index contributed by atoms with van der Waals surface area (Å²) in [6.07, 6.45) is 0.509. The van der Waals surface area contributed by atoms with Gasteiger partial charge in [0.2, 0.25) is 0 Å². The Hall–Kier alpha value is -0.710. The second-order valence-electron chi connectivity index (χ2n) is 5.75. The topological polar surface area (TPSA) is 12.0 Å². The van der Waals surface area contributed by atoms with Gasteiger partial charge in [-0.2, -0.15) is 13.2 Å². The average molecular weight is 350 g/mol. The normalized spacial score (nSPS) is 23.6. The lowest BCUT2D eigenvalue weighted by molar-refractivity contribution is -0.137. The Balaban J connectivity index is 2.00. The van der Waals surface area contributed by atoms with Gasteiger partial charge in [0.05, 0.1) is 5.56 Å². The van der Waals surface area contributed by atoms with Crippen molar-refractivity contribution in [2.45, 2.75) is 38.8 Å². The van der Waals surface area contributed by atoms with Gasteiger partial charge in [-0.25, -0.2) is 0 Å². The van der Waals surface area contributed by atoms with E-state index in [2.05, 4.69) is 28.2 Å². The van der Waals surface area contributed by atoms with Crippen molar-refractivity contribution in [2.75, 3.05) is 11.9 Å². The highest BCUT2D eigenvalue weighted by Crippen LogP contribution is 2.34. The SMILES string of the molecule is CC1CCCC(CNc2cc(Br)cc(C(F)(F)F)c2)C1. The molecular weight excluding hydrogens is 331 g/mol. The van der Waals surface area contributed by atoms with E-state index in [-0.39, 0.29) is 0 Å². The van der Waals surface area contributed by atoms with Crippen LogP contribution in [0.3, 0.4) is 0 Å². The van der Waals surface area contributed by atoms with Crippen molar-refractivity contribution in [3.05, 3.63) is 28.2 Å². The molecule has 2 atom stereocenters. The van der Waals surface area contributed by atoms with Gasteiger partial charge in [0.1, 0.15) is 0 Å². The molecule has 0 amide bonds. The average Bonchev–Trinajstić information content (AvgIpc) is 2.35. The molecule has 1 aliphatic rings. The van der Waals surface area contributed by atoms with Crippen molar-refractivity contribution in [3.8, 4) is 0 Å². The van der Waals surface area contributed by atoms with E-state index in [9.17, 15) is 13.2 Å². The van der Waals surface area contributed by atoms with Gasteiger partial charge >= 0.3 is 6.18 Å². The molecule has 1 N–H and O–H groups in total. The molecule has 1 aromatic carbocycles. The van der Waals surface area contributed by atoms with Crippen LogP contribution in [-0.4, -0.2) is 6.54 Å². The van der Waals surface area contributed by atoms with Crippen LogP contribution >= 0.6 is 15.9 Å². The molecule has 2 rings (SSSR count). The van der Waals surface area contributed by atoms with E-state index < -0.39 is 11.7 Å². The summed E-state index contributed by atoms with van der Waals surface area (Å²) in [5, 5.41) is 3.16. The first kappa shape index (κ1) is 15.7. The molecule has 0 heterocycles. The van der Waals surface area contributed by atoms with Crippen molar-refractivity contribution in [2.24, 2.45) is 11.8 Å². The van der Waals surface area contributed by atoms with Crippen LogP contribution in [0.15, 0.2) is 22.7 Å². The molecule has 1 nitrogen and oxygen atoms in total. The number of hydrogen-bond acceptors (Lipinski definition) is 1. The van der Waals surface area contributed by atoms with Crippen molar-refractivity contribution >= 4 is 21.6 Å². The fraction of sp³-hybridized carbons (Fsp3) is 0.600. The van der Waals surface area contributed by atoms with Crippen LogP contribution in [0.4, 0.5) is 18.9 Å². The van der Waals surface area contributed by atoms with Crippen LogP contribution in [0.2, 0.25) is 0 Å². The number of nitrogens with one attached hydrogen (secondary N) is 1. The van der Waals surface area contributed by atoms with Gasteiger partial charge < -0.3 is 5.32 Å². The van der Waals surface area contributed by atoms with E-state index in [0.29, 0.717) is 16.1 Å². The Morgan fingerprint density at radius 1 is 1.25 bits per heavy atom. The maximum atomic E-state index is 12.7. The summed E-state index contributed by atoms with van der Waals surface area (Å²) in [6.45, 7) is 2.99. The summed E-state index contributed by atoms with van der Waals surface area (Å²) in [6, 6.07) is 3.98. The van der Waals surface area contributed by atoms with E-state index in [4.69, 9.17) is 0 Å². The van der Waals surface area contributed by atoms with Crippen molar-refractivity contribution < 1.29 is 13.2 Å². The molecule has 20 heavy (non-hydrogen) atoms. The van der Waals surface area contributed by atoms with Crippen molar-refractivity contribution in [3.63, 3.8) is 0 Å². The zero-order chi connectivity index (χ0) is 14.8. The molecule has 1 aromatic rings. The molecule has 0 radical (unpaired) electrons. The highest BCUT2D eigenvalue weighted by molar-refractivity contribution is 9.10. The first-order valence-electron chi connectivity index (χ1n) is 6.96. The van der Waals surface area contributed by atoms with Gasteiger partial charge in [-0.3, -0.25) is 0 Å². The minimum absolute atomic E-state index is 0.451. The van der Waals surface area contributed by atoms with Crippen LogP contribution in [0.25, 0.3) is 0 Å². The summed E-state index contributed by atoms with van der Waals surface area (Å²) >= 11 is 3.14. The predicted molar refractivity (Wildman–Crippen MR) is 78.8 cm³/mol. The largest absolute Gasteiger partial charge is 0.416 e. The molecule has 0 saturated heterocycles. The van der Waals surface area contributed by atoms with E-state index in [1.807, 2.05) is 0 Å². The monoisotopic (exact) mass is 349 g/mol. The summed E-state index contributed by atoms with van der Waals surface area (Å²) in [5.41, 5.74) is -0.0867. The maximum Gasteiger partial charge on any atom is 0.416 e. The molecule has 0 aliphatic heterocycles. The Morgan fingerprint density at radius 3 is 2.65 bits per heavy atom. The number of hydrogen-bond donors (Lipinski definition) is 1. The number of halogens is 4. The molecule has 0 spiro atoms. The van der Waals surface area contributed by atoms with E-state index >= 15 is 0 Å². The first-order chi connectivity index (χ1) is 9.34. The highest BCUT2D eigenvalue weighted by atomic mass is 79.9. The van der Waals surface area contributed by atoms with Crippen LogP contribution in [0.1, 0.15) is 38.2 Å². The molecule has 0 aromatic heterocycles. The fourth-order valence-electron chi connectivity index (χ4n) is 2.86. The summed E-state index contributed by atoms with van der Waals surface area (Å²) in [5.74, 6) is 1.29. The number of alkyl halides is 3. The Kier molecular flexibility index (Phi) is 4.99. The van der Waals surface area contributed by atoms with Gasteiger partial charge in [-0.05, 0) is 42.9 Å². The third-order valence-electron chi connectivity index (χ3n) is 3.86.